The third kappa shape index (κ3) is 1.89. The van der Waals surface area contributed by atoms with Crippen LogP contribution < -0.4 is 4.90 Å². The van der Waals surface area contributed by atoms with Crippen LogP contribution in [-0.2, 0) is 0 Å². The van der Waals surface area contributed by atoms with Crippen LogP contribution in [0.1, 0.15) is 6.92 Å². The van der Waals surface area contributed by atoms with E-state index in [1.807, 2.05) is 0 Å². The van der Waals surface area contributed by atoms with Crippen molar-refractivity contribution in [2.45, 2.75) is 6.92 Å². The van der Waals surface area contributed by atoms with Gasteiger partial charge in [0.15, 0.2) is 0 Å². The minimum absolute atomic E-state index is 1.06. The first-order valence-corrected chi connectivity index (χ1v) is 6.33. The van der Waals surface area contributed by atoms with E-state index in [9.17, 15) is 0 Å². The van der Waals surface area contributed by atoms with E-state index < -0.39 is 0 Å². The molecule has 0 unspecified atom stereocenters. The second kappa shape index (κ2) is 4.38. The molecule has 2 heteroatoms. The van der Waals surface area contributed by atoms with Crippen LogP contribution in [0.15, 0.2) is 42.5 Å². The van der Waals surface area contributed by atoms with Crippen LogP contribution in [0.4, 0.5) is 5.69 Å². The summed E-state index contributed by atoms with van der Waals surface area (Å²) in [6, 6.07) is 15.2. The molecule has 0 N–H and O–H groups in total. The molecule has 0 atom stereocenters. The molecular weight excluding hydrogens is 208 g/mol. The lowest BCUT2D eigenvalue weighted by Gasteiger charge is -2.20. The van der Waals surface area contributed by atoms with Crippen LogP contribution >= 0.6 is 0 Å². The molecule has 3 rings (SSSR count). The molecule has 0 bridgehead atoms. The highest BCUT2D eigenvalue weighted by Gasteiger charge is 2.19. The van der Waals surface area contributed by atoms with Gasteiger partial charge in [0.05, 0.1) is 6.67 Å². The zero-order valence-electron chi connectivity index (χ0n) is 10.3. The number of fused-ring (bicyclic) bond motifs is 1. The van der Waals surface area contributed by atoms with Gasteiger partial charge in [-0.3, -0.25) is 4.90 Å². The zero-order chi connectivity index (χ0) is 11.7. The molecule has 1 aliphatic heterocycles. The number of likely N-dealkylation sites (N-methyl/N-ethyl adjacent to an activating group) is 1. The lowest BCUT2D eigenvalue weighted by atomic mass is 10.1. The van der Waals surface area contributed by atoms with Crippen molar-refractivity contribution in [2.75, 3.05) is 31.2 Å². The molecule has 0 spiro atoms. The number of hydrogen-bond acceptors (Lipinski definition) is 2. The first-order valence-electron chi connectivity index (χ1n) is 6.33. The average molecular weight is 226 g/mol. The Kier molecular flexibility index (Phi) is 2.73. The fourth-order valence-electron chi connectivity index (χ4n) is 2.58. The van der Waals surface area contributed by atoms with Gasteiger partial charge in [-0.1, -0.05) is 43.3 Å². The van der Waals surface area contributed by atoms with Crippen LogP contribution in [0, 0.1) is 0 Å². The van der Waals surface area contributed by atoms with E-state index in [2.05, 4.69) is 59.2 Å². The van der Waals surface area contributed by atoms with Gasteiger partial charge in [0.1, 0.15) is 0 Å². The van der Waals surface area contributed by atoms with Crippen LogP contribution in [0.25, 0.3) is 10.8 Å². The minimum atomic E-state index is 1.06. The van der Waals surface area contributed by atoms with Crippen molar-refractivity contribution in [3.63, 3.8) is 0 Å². The van der Waals surface area contributed by atoms with Crippen molar-refractivity contribution in [3.8, 4) is 0 Å². The van der Waals surface area contributed by atoms with Crippen LogP contribution in [0.3, 0.4) is 0 Å². The van der Waals surface area contributed by atoms with Crippen molar-refractivity contribution < 1.29 is 0 Å². The minimum Gasteiger partial charge on any atom is -0.357 e. The van der Waals surface area contributed by atoms with Gasteiger partial charge in [-0.05, 0) is 18.0 Å². The largest absolute Gasteiger partial charge is 0.357 e. The highest BCUT2D eigenvalue weighted by atomic mass is 15.4. The van der Waals surface area contributed by atoms with Gasteiger partial charge in [-0.25, -0.2) is 0 Å². The van der Waals surface area contributed by atoms with Crippen molar-refractivity contribution in [2.24, 2.45) is 0 Å². The summed E-state index contributed by atoms with van der Waals surface area (Å²) in [4.78, 5) is 4.95. The van der Waals surface area contributed by atoms with Crippen molar-refractivity contribution in [3.05, 3.63) is 42.5 Å². The summed E-state index contributed by atoms with van der Waals surface area (Å²) in [5.74, 6) is 0. The topological polar surface area (TPSA) is 6.48 Å². The van der Waals surface area contributed by atoms with Crippen LogP contribution in [0.2, 0.25) is 0 Å². The molecule has 1 saturated heterocycles. The highest BCUT2D eigenvalue weighted by Crippen LogP contribution is 2.28. The van der Waals surface area contributed by atoms with Gasteiger partial charge in [0.25, 0.3) is 0 Å². The second-order valence-corrected chi connectivity index (χ2v) is 4.61. The average Bonchev–Trinajstić information content (AvgIpc) is 2.87. The maximum absolute atomic E-state index is 2.48. The quantitative estimate of drug-likeness (QED) is 0.777. The summed E-state index contributed by atoms with van der Waals surface area (Å²) >= 11 is 0. The normalized spacial score (nSPS) is 16.9. The Morgan fingerprint density at radius 1 is 1.00 bits per heavy atom. The van der Waals surface area contributed by atoms with Crippen LogP contribution in [0.5, 0.6) is 0 Å². The monoisotopic (exact) mass is 226 g/mol. The summed E-state index contributed by atoms with van der Waals surface area (Å²) in [7, 11) is 0. The number of hydrogen-bond donors (Lipinski definition) is 0. The zero-order valence-corrected chi connectivity index (χ0v) is 10.3. The Balaban J connectivity index is 2.00. The number of nitrogens with zero attached hydrogens (tertiary/aromatic N) is 2. The maximum atomic E-state index is 2.48. The molecule has 1 fully saturated rings. The molecule has 2 aromatic carbocycles. The van der Waals surface area contributed by atoms with Gasteiger partial charge in [-0.15, -0.1) is 0 Å². The molecule has 2 nitrogen and oxygen atoms in total. The Morgan fingerprint density at radius 2 is 1.82 bits per heavy atom. The predicted molar refractivity (Wildman–Crippen MR) is 73.4 cm³/mol. The molecule has 0 aromatic heterocycles. The van der Waals surface area contributed by atoms with Crippen molar-refractivity contribution in [1.82, 2.24) is 4.90 Å². The van der Waals surface area contributed by atoms with E-state index in [-0.39, 0.29) is 0 Å². The summed E-state index contributed by atoms with van der Waals surface area (Å²) < 4.78 is 0. The molecule has 0 saturated carbocycles. The van der Waals surface area contributed by atoms with E-state index in [0.717, 1.165) is 19.8 Å². The fourth-order valence-corrected chi connectivity index (χ4v) is 2.58. The summed E-state index contributed by atoms with van der Waals surface area (Å²) in [5, 5.41) is 2.70. The molecule has 0 radical (unpaired) electrons. The van der Waals surface area contributed by atoms with Crippen molar-refractivity contribution >= 4 is 16.5 Å². The van der Waals surface area contributed by atoms with Crippen LogP contribution in [-0.4, -0.2) is 31.2 Å². The maximum Gasteiger partial charge on any atom is 0.0708 e. The summed E-state index contributed by atoms with van der Waals surface area (Å²) in [5.41, 5.74) is 1.37. The fraction of sp³-hybridized carbons (Fsp3) is 0.333. The van der Waals surface area contributed by atoms with Gasteiger partial charge in [0, 0.05) is 24.2 Å². The SMILES string of the molecule is CCN1CCN(c2cccc3ccccc23)C1. The lowest BCUT2D eigenvalue weighted by Crippen LogP contribution is -2.25. The lowest BCUT2D eigenvalue weighted by molar-refractivity contribution is 0.361. The first kappa shape index (κ1) is 10.6. The third-order valence-corrected chi connectivity index (χ3v) is 3.61. The molecule has 1 aliphatic rings. The number of anilines is 1. The Hall–Kier alpha value is -1.54. The van der Waals surface area contributed by atoms with Gasteiger partial charge in [0.2, 0.25) is 0 Å². The number of rotatable bonds is 2. The van der Waals surface area contributed by atoms with E-state index in [0.29, 0.717) is 0 Å². The molecule has 0 aliphatic carbocycles. The van der Waals surface area contributed by atoms with Gasteiger partial charge < -0.3 is 4.90 Å². The van der Waals surface area contributed by atoms with E-state index in [1.54, 1.807) is 0 Å². The molecule has 17 heavy (non-hydrogen) atoms. The Morgan fingerprint density at radius 3 is 2.65 bits per heavy atom. The van der Waals surface area contributed by atoms with Gasteiger partial charge in [-0.2, -0.15) is 0 Å². The Bertz CT molecular complexity index is 516. The Labute approximate surface area is 102 Å². The summed E-state index contributed by atoms with van der Waals surface area (Å²) in [6.07, 6.45) is 0. The first-order chi connectivity index (χ1) is 8.38. The third-order valence-electron chi connectivity index (χ3n) is 3.61. The van der Waals surface area contributed by atoms with Crippen molar-refractivity contribution in [1.29, 1.82) is 0 Å². The highest BCUT2D eigenvalue weighted by molar-refractivity contribution is 5.94. The molecule has 2 aromatic rings. The molecule has 88 valence electrons. The smallest absolute Gasteiger partial charge is 0.0708 e. The van der Waals surface area contributed by atoms with Gasteiger partial charge >= 0.3 is 0 Å². The van der Waals surface area contributed by atoms with E-state index >= 15 is 0 Å². The molecule has 0 amide bonds. The summed E-state index contributed by atoms with van der Waals surface area (Å²) in [6.45, 7) is 6.75. The predicted octanol–water partition coefficient (Wildman–Crippen LogP) is 2.94. The van der Waals surface area contributed by atoms with E-state index in [1.165, 1.54) is 23.0 Å². The molecule has 1 heterocycles. The van der Waals surface area contributed by atoms with E-state index in [4.69, 9.17) is 0 Å². The molecular formula is C15H18N2. The number of benzene rings is 2. The standard InChI is InChI=1S/C15H18N2/c1-2-16-10-11-17(12-16)15-9-5-7-13-6-3-4-8-14(13)15/h3-9H,2,10-12H2,1H3. The second-order valence-electron chi connectivity index (χ2n) is 4.61.